The van der Waals surface area contributed by atoms with Gasteiger partial charge in [-0.25, -0.2) is 4.98 Å². The van der Waals surface area contributed by atoms with Gasteiger partial charge in [-0.15, -0.1) is 0 Å². The topological polar surface area (TPSA) is 47.7 Å². The zero-order valence-corrected chi connectivity index (χ0v) is 13.8. The van der Waals surface area contributed by atoms with Crippen molar-refractivity contribution >= 4 is 0 Å². The van der Waals surface area contributed by atoms with Crippen molar-refractivity contribution in [3.05, 3.63) is 35.2 Å². The maximum atomic E-state index is 4.55. The van der Waals surface area contributed by atoms with Gasteiger partial charge in [-0.3, -0.25) is 4.68 Å². The summed E-state index contributed by atoms with van der Waals surface area (Å²) >= 11 is 0. The van der Waals surface area contributed by atoms with Crippen LogP contribution in [0.15, 0.2) is 12.4 Å². The molecule has 0 aliphatic carbocycles. The lowest BCUT2D eigenvalue weighted by molar-refractivity contribution is 0.485. The number of aromatic nitrogens is 4. The molecule has 0 amide bonds. The van der Waals surface area contributed by atoms with Crippen molar-refractivity contribution in [3.63, 3.8) is 0 Å². The monoisotopic (exact) mass is 289 g/mol. The molecule has 1 unspecified atom stereocenters. The summed E-state index contributed by atoms with van der Waals surface area (Å²) < 4.78 is 4.22. The Bertz CT molecular complexity index is 582. The lowest BCUT2D eigenvalue weighted by Gasteiger charge is -2.17. The molecule has 1 atom stereocenters. The Morgan fingerprint density at radius 1 is 1.33 bits per heavy atom. The normalized spacial score (nSPS) is 12.8. The molecule has 0 spiro atoms. The van der Waals surface area contributed by atoms with Gasteiger partial charge in [0.15, 0.2) is 0 Å². The second-order valence-corrected chi connectivity index (χ2v) is 5.63. The van der Waals surface area contributed by atoms with Crippen LogP contribution in [0.3, 0.4) is 0 Å². The third kappa shape index (κ3) is 3.35. The minimum absolute atomic E-state index is 0.283. The van der Waals surface area contributed by atoms with Gasteiger partial charge in [0.25, 0.3) is 0 Å². The quantitative estimate of drug-likeness (QED) is 0.852. The van der Waals surface area contributed by atoms with Crippen LogP contribution in [0.4, 0.5) is 0 Å². The summed E-state index contributed by atoms with van der Waals surface area (Å²) in [6.07, 6.45) is 7.15. The lowest BCUT2D eigenvalue weighted by atomic mass is 10.0. The standard InChI is InChI=1S/C16H27N5/c1-6-10-21-11-9-18-16(21)15(17-4)8-7-14-12(2)19-20(5)13(14)3/h9,11,15,17H,6-8,10H2,1-5H3. The minimum atomic E-state index is 0.283. The Balaban J connectivity index is 2.10. The SMILES string of the molecule is CCCn1ccnc1C(CCc1c(C)nn(C)c1C)NC. The molecule has 0 fully saturated rings. The predicted octanol–water partition coefficient (Wildman–Crippen LogP) is 2.54. The van der Waals surface area contributed by atoms with Crippen molar-refractivity contribution in [1.29, 1.82) is 0 Å². The van der Waals surface area contributed by atoms with Crippen LogP contribution in [-0.4, -0.2) is 26.4 Å². The fourth-order valence-electron chi connectivity index (χ4n) is 2.93. The molecule has 0 aliphatic rings. The minimum Gasteiger partial charge on any atom is -0.334 e. The molecule has 0 radical (unpaired) electrons. The molecule has 2 rings (SSSR count). The van der Waals surface area contributed by atoms with Crippen molar-refractivity contribution in [1.82, 2.24) is 24.6 Å². The van der Waals surface area contributed by atoms with Crippen LogP contribution >= 0.6 is 0 Å². The van der Waals surface area contributed by atoms with Crippen molar-refractivity contribution in [2.75, 3.05) is 7.05 Å². The number of hydrogen-bond donors (Lipinski definition) is 1. The first-order chi connectivity index (χ1) is 10.1. The Hall–Kier alpha value is -1.62. The summed E-state index contributed by atoms with van der Waals surface area (Å²) in [6, 6.07) is 0.283. The number of hydrogen-bond acceptors (Lipinski definition) is 3. The van der Waals surface area contributed by atoms with Gasteiger partial charge in [-0.2, -0.15) is 5.10 Å². The van der Waals surface area contributed by atoms with Crippen LogP contribution in [0.2, 0.25) is 0 Å². The third-order valence-electron chi connectivity index (χ3n) is 4.21. The number of aryl methyl sites for hydroxylation is 3. The summed E-state index contributed by atoms with van der Waals surface area (Å²) in [5, 5.41) is 7.91. The summed E-state index contributed by atoms with van der Waals surface area (Å²) in [4.78, 5) is 4.55. The first-order valence-corrected chi connectivity index (χ1v) is 7.75. The van der Waals surface area contributed by atoms with Crippen LogP contribution in [0.5, 0.6) is 0 Å². The molecule has 0 saturated heterocycles. The van der Waals surface area contributed by atoms with Crippen LogP contribution in [0.25, 0.3) is 0 Å². The van der Waals surface area contributed by atoms with Gasteiger partial charge < -0.3 is 9.88 Å². The van der Waals surface area contributed by atoms with E-state index in [4.69, 9.17) is 0 Å². The van der Waals surface area contributed by atoms with Crippen molar-refractivity contribution in [3.8, 4) is 0 Å². The highest BCUT2D eigenvalue weighted by Gasteiger charge is 2.17. The number of nitrogens with zero attached hydrogens (tertiary/aromatic N) is 4. The highest BCUT2D eigenvalue weighted by Crippen LogP contribution is 2.21. The lowest BCUT2D eigenvalue weighted by Crippen LogP contribution is -2.21. The second-order valence-electron chi connectivity index (χ2n) is 5.63. The maximum absolute atomic E-state index is 4.55. The van der Waals surface area contributed by atoms with Gasteiger partial charge in [0.2, 0.25) is 0 Å². The van der Waals surface area contributed by atoms with E-state index in [1.807, 2.05) is 25.0 Å². The van der Waals surface area contributed by atoms with Gasteiger partial charge in [0.1, 0.15) is 5.82 Å². The zero-order chi connectivity index (χ0) is 15.4. The first kappa shape index (κ1) is 15.8. The van der Waals surface area contributed by atoms with Crippen molar-refractivity contribution in [2.24, 2.45) is 7.05 Å². The van der Waals surface area contributed by atoms with Gasteiger partial charge in [-0.1, -0.05) is 6.92 Å². The highest BCUT2D eigenvalue weighted by atomic mass is 15.3. The van der Waals surface area contributed by atoms with Gasteiger partial charge in [-0.05, 0) is 45.7 Å². The van der Waals surface area contributed by atoms with Crippen LogP contribution in [-0.2, 0) is 20.0 Å². The fraction of sp³-hybridized carbons (Fsp3) is 0.625. The van der Waals surface area contributed by atoms with Crippen LogP contribution < -0.4 is 5.32 Å². The second kappa shape index (κ2) is 6.89. The van der Waals surface area contributed by atoms with E-state index >= 15 is 0 Å². The molecule has 5 nitrogen and oxygen atoms in total. The van der Waals surface area contributed by atoms with E-state index in [2.05, 4.69) is 46.9 Å². The summed E-state index contributed by atoms with van der Waals surface area (Å²) in [7, 11) is 4.02. The maximum Gasteiger partial charge on any atom is 0.125 e. The summed E-state index contributed by atoms with van der Waals surface area (Å²) in [6.45, 7) is 7.45. The van der Waals surface area contributed by atoms with Crippen LogP contribution in [0.1, 0.15) is 48.6 Å². The third-order valence-corrected chi connectivity index (χ3v) is 4.21. The molecular formula is C16H27N5. The molecular weight excluding hydrogens is 262 g/mol. The van der Waals surface area contributed by atoms with E-state index in [-0.39, 0.29) is 6.04 Å². The van der Waals surface area contributed by atoms with E-state index in [0.717, 1.165) is 37.3 Å². The largest absolute Gasteiger partial charge is 0.334 e. The number of nitrogens with one attached hydrogen (secondary N) is 1. The molecule has 2 aromatic heterocycles. The molecule has 2 aromatic rings. The fourth-order valence-corrected chi connectivity index (χ4v) is 2.93. The van der Waals surface area contributed by atoms with E-state index in [0.29, 0.717) is 0 Å². The van der Waals surface area contributed by atoms with E-state index < -0.39 is 0 Å². The molecule has 5 heteroatoms. The first-order valence-electron chi connectivity index (χ1n) is 7.75. The Morgan fingerprint density at radius 2 is 2.10 bits per heavy atom. The Morgan fingerprint density at radius 3 is 2.67 bits per heavy atom. The molecule has 0 aromatic carbocycles. The van der Waals surface area contributed by atoms with Gasteiger partial charge in [0, 0.05) is 31.7 Å². The summed E-state index contributed by atoms with van der Waals surface area (Å²) in [5.41, 5.74) is 3.77. The van der Waals surface area contributed by atoms with Gasteiger partial charge in [0.05, 0.1) is 11.7 Å². The highest BCUT2D eigenvalue weighted by molar-refractivity contribution is 5.24. The Labute approximate surface area is 127 Å². The van der Waals surface area contributed by atoms with Crippen LogP contribution in [0, 0.1) is 13.8 Å². The molecule has 0 bridgehead atoms. The molecule has 116 valence electrons. The van der Waals surface area contributed by atoms with E-state index in [9.17, 15) is 0 Å². The molecule has 0 saturated carbocycles. The smallest absolute Gasteiger partial charge is 0.125 e. The van der Waals surface area contributed by atoms with E-state index in [1.54, 1.807) is 0 Å². The van der Waals surface area contributed by atoms with E-state index in [1.165, 1.54) is 11.3 Å². The van der Waals surface area contributed by atoms with Crippen molar-refractivity contribution in [2.45, 2.75) is 52.6 Å². The number of imidazole rings is 1. The molecule has 21 heavy (non-hydrogen) atoms. The Kier molecular flexibility index (Phi) is 5.17. The average Bonchev–Trinajstić information content (AvgIpc) is 3.00. The van der Waals surface area contributed by atoms with Crippen molar-refractivity contribution < 1.29 is 0 Å². The summed E-state index contributed by atoms with van der Waals surface area (Å²) in [5.74, 6) is 1.14. The number of rotatable bonds is 7. The molecule has 2 heterocycles. The molecule has 0 aliphatic heterocycles. The van der Waals surface area contributed by atoms with Gasteiger partial charge >= 0.3 is 0 Å². The molecule has 1 N–H and O–H groups in total. The predicted molar refractivity (Wildman–Crippen MR) is 85.3 cm³/mol. The average molecular weight is 289 g/mol. The zero-order valence-electron chi connectivity index (χ0n) is 13.8.